The molecule has 0 spiro atoms. The zero-order valence-electron chi connectivity index (χ0n) is 22.3. The number of ether oxygens (including phenoxy) is 3. The number of rotatable bonds is 12. The lowest BCUT2D eigenvalue weighted by atomic mass is 10.2. The van der Waals surface area contributed by atoms with E-state index in [9.17, 15) is 9.90 Å². The van der Waals surface area contributed by atoms with E-state index in [1.54, 1.807) is 18.2 Å². The topological polar surface area (TPSA) is 87.4 Å². The second-order valence-electron chi connectivity index (χ2n) is 9.84. The van der Waals surface area contributed by atoms with Crippen LogP contribution in [0.3, 0.4) is 0 Å². The largest absolute Gasteiger partial charge is 0.504 e. The van der Waals surface area contributed by atoms with Gasteiger partial charge in [0.1, 0.15) is 16.7 Å². The predicted octanol–water partition coefficient (Wildman–Crippen LogP) is 7.26. The third kappa shape index (κ3) is 5.70. The number of benzene rings is 2. The molecule has 0 radical (unpaired) electrons. The molecule has 36 heavy (non-hydrogen) atoms. The van der Waals surface area contributed by atoms with Gasteiger partial charge in [-0.3, -0.25) is 4.79 Å². The van der Waals surface area contributed by atoms with E-state index in [-0.39, 0.29) is 34.2 Å². The number of fused-ring (bicyclic) bond motifs is 1. The van der Waals surface area contributed by atoms with E-state index in [2.05, 4.69) is 41.5 Å². The first-order valence-electron chi connectivity index (χ1n) is 12.5. The zero-order valence-corrected chi connectivity index (χ0v) is 23.3. The number of phenolic OH excluding ortho intramolecular Hbond substituents is 1. The minimum atomic E-state index is -1.95. The third-order valence-electron chi connectivity index (χ3n) is 6.66. The van der Waals surface area contributed by atoms with Gasteiger partial charge in [0.2, 0.25) is 11.2 Å². The van der Waals surface area contributed by atoms with Crippen LogP contribution in [-0.2, 0) is 4.43 Å². The lowest BCUT2D eigenvalue weighted by Gasteiger charge is -2.42. The molecule has 0 unspecified atom stereocenters. The molecule has 0 saturated carbocycles. The Bertz CT molecular complexity index is 1180. The van der Waals surface area contributed by atoms with Gasteiger partial charge < -0.3 is 28.2 Å². The summed E-state index contributed by atoms with van der Waals surface area (Å²) in [5.74, 6) is 0.579. The fourth-order valence-corrected chi connectivity index (χ4v) is 10.7. The Morgan fingerprint density at radius 1 is 0.944 bits per heavy atom. The van der Waals surface area contributed by atoms with E-state index in [4.69, 9.17) is 23.1 Å². The smallest absolute Gasteiger partial charge is 0.294 e. The van der Waals surface area contributed by atoms with Crippen molar-refractivity contribution in [2.45, 2.75) is 64.6 Å². The Morgan fingerprint density at radius 3 is 2.17 bits per heavy atom. The zero-order chi connectivity index (χ0) is 26.5. The third-order valence-corrected chi connectivity index (χ3v) is 12.8. The number of hydrogen-bond donors (Lipinski definition) is 1. The van der Waals surface area contributed by atoms with Crippen molar-refractivity contribution in [2.24, 2.45) is 0 Å². The number of aromatic hydroxyl groups is 1. The minimum absolute atomic E-state index is 0.00419. The average molecular weight is 515 g/mol. The molecule has 1 aromatic heterocycles. The molecular formula is C28H38O7Si. The molecule has 7 nitrogen and oxygen atoms in total. The van der Waals surface area contributed by atoms with E-state index < -0.39 is 13.7 Å². The van der Waals surface area contributed by atoms with E-state index >= 15 is 0 Å². The number of para-hydroxylation sites is 1. The molecule has 0 saturated heterocycles. The van der Waals surface area contributed by atoms with E-state index in [1.807, 2.05) is 18.2 Å². The Hall–Kier alpha value is -2.97. The monoisotopic (exact) mass is 514 g/mol. The van der Waals surface area contributed by atoms with Crippen molar-refractivity contribution in [1.29, 1.82) is 0 Å². The van der Waals surface area contributed by atoms with E-state index in [0.29, 0.717) is 42.0 Å². The Kier molecular flexibility index (Phi) is 9.08. The highest BCUT2D eigenvalue weighted by Gasteiger charge is 2.44. The molecule has 1 N–H and O–H groups in total. The second-order valence-corrected chi connectivity index (χ2v) is 15.3. The van der Waals surface area contributed by atoms with Gasteiger partial charge in [0.25, 0.3) is 5.95 Å². The molecule has 0 fully saturated rings. The van der Waals surface area contributed by atoms with Gasteiger partial charge in [0.05, 0.1) is 19.8 Å². The summed E-state index contributed by atoms with van der Waals surface area (Å²) in [5, 5.41) is 10.8. The van der Waals surface area contributed by atoms with Gasteiger partial charge in [-0.1, -0.05) is 59.7 Å². The van der Waals surface area contributed by atoms with Crippen LogP contribution in [-0.4, -0.2) is 33.7 Å². The SMILES string of the molecule is COc1c(OCCCO[Si](C(C)C)(C(C)C)C(C)C)cc2oc(Oc3ccccc3)cc(=O)c2c1O. The number of phenols is 1. The molecule has 2 aromatic carbocycles. The van der Waals surface area contributed by atoms with Crippen LogP contribution >= 0.6 is 0 Å². The predicted molar refractivity (Wildman–Crippen MR) is 144 cm³/mol. The summed E-state index contributed by atoms with van der Waals surface area (Å²) in [7, 11) is -0.533. The Morgan fingerprint density at radius 2 is 1.58 bits per heavy atom. The van der Waals surface area contributed by atoms with Crippen molar-refractivity contribution in [2.75, 3.05) is 20.3 Å². The molecule has 3 rings (SSSR count). The lowest BCUT2D eigenvalue weighted by molar-refractivity contribution is 0.222. The quantitative estimate of drug-likeness (QED) is 0.201. The van der Waals surface area contributed by atoms with Gasteiger partial charge in [-0.25, -0.2) is 0 Å². The standard InChI is InChI=1S/C28H38O7Si/c1-18(2)36(19(3)4,20(5)6)33-15-11-14-32-24-17-23-26(27(30)28(24)31-7)22(29)16-25(35-23)34-21-12-9-8-10-13-21/h8-10,12-13,16-20,30H,11,14-15H2,1-7H3. The van der Waals surface area contributed by atoms with Crippen molar-refractivity contribution in [3.8, 4) is 28.9 Å². The molecule has 3 aromatic rings. The molecule has 0 aliphatic carbocycles. The van der Waals surface area contributed by atoms with Gasteiger partial charge in [-0.05, 0) is 28.8 Å². The Labute approximate surface area is 214 Å². The summed E-state index contributed by atoms with van der Waals surface area (Å²) in [6.07, 6.45) is 0.671. The maximum absolute atomic E-state index is 12.7. The van der Waals surface area contributed by atoms with Gasteiger partial charge in [-0.15, -0.1) is 0 Å². The van der Waals surface area contributed by atoms with Crippen LogP contribution in [0.1, 0.15) is 48.0 Å². The molecule has 1 heterocycles. The summed E-state index contributed by atoms with van der Waals surface area (Å²) < 4.78 is 29.4. The Balaban J connectivity index is 1.78. The van der Waals surface area contributed by atoms with Gasteiger partial charge in [-0.2, -0.15) is 0 Å². The highest BCUT2D eigenvalue weighted by molar-refractivity contribution is 6.77. The van der Waals surface area contributed by atoms with Gasteiger partial charge in [0, 0.05) is 19.1 Å². The van der Waals surface area contributed by atoms with E-state index in [1.165, 1.54) is 13.2 Å². The second kappa shape index (κ2) is 11.8. The van der Waals surface area contributed by atoms with Crippen molar-refractivity contribution in [3.63, 3.8) is 0 Å². The molecule has 0 bridgehead atoms. The summed E-state index contributed by atoms with van der Waals surface area (Å²) in [4.78, 5) is 12.7. The van der Waals surface area contributed by atoms with Crippen molar-refractivity contribution < 1.29 is 28.2 Å². The highest BCUT2D eigenvalue weighted by Crippen LogP contribution is 2.43. The molecule has 196 valence electrons. The molecule has 0 aliphatic heterocycles. The van der Waals surface area contributed by atoms with Crippen LogP contribution in [0.4, 0.5) is 0 Å². The molecule has 0 amide bonds. The van der Waals surface area contributed by atoms with Crippen LogP contribution in [0.5, 0.6) is 28.9 Å². The first-order valence-corrected chi connectivity index (χ1v) is 14.6. The van der Waals surface area contributed by atoms with Crippen LogP contribution in [0, 0.1) is 0 Å². The first-order chi connectivity index (χ1) is 17.1. The molecule has 0 atom stereocenters. The fraction of sp³-hybridized carbons (Fsp3) is 0.464. The maximum Gasteiger partial charge on any atom is 0.294 e. The van der Waals surface area contributed by atoms with Crippen LogP contribution in [0.15, 0.2) is 51.7 Å². The molecule has 8 heteroatoms. The normalized spacial score (nSPS) is 12.1. The van der Waals surface area contributed by atoms with Gasteiger partial charge >= 0.3 is 0 Å². The van der Waals surface area contributed by atoms with Crippen LogP contribution < -0.4 is 19.6 Å². The highest BCUT2D eigenvalue weighted by atomic mass is 28.4. The summed E-state index contributed by atoms with van der Waals surface area (Å²) in [5.41, 5.74) is 1.21. The van der Waals surface area contributed by atoms with E-state index in [0.717, 1.165) is 0 Å². The lowest BCUT2D eigenvalue weighted by Crippen LogP contribution is -2.48. The van der Waals surface area contributed by atoms with Crippen LogP contribution in [0.2, 0.25) is 16.6 Å². The molecule has 0 aliphatic rings. The summed E-state index contributed by atoms with van der Waals surface area (Å²) >= 11 is 0. The van der Waals surface area contributed by atoms with Crippen molar-refractivity contribution in [1.82, 2.24) is 0 Å². The number of hydrogen-bond acceptors (Lipinski definition) is 7. The van der Waals surface area contributed by atoms with Crippen molar-refractivity contribution >= 4 is 19.3 Å². The maximum atomic E-state index is 12.7. The fourth-order valence-electron chi connectivity index (χ4n) is 5.19. The average Bonchev–Trinajstić information content (AvgIpc) is 2.81. The minimum Gasteiger partial charge on any atom is -0.504 e. The van der Waals surface area contributed by atoms with Crippen molar-refractivity contribution in [3.05, 3.63) is 52.7 Å². The summed E-state index contributed by atoms with van der Waals surface area (Å²) in [6.45, 7) is 14.5. The van der Waals surface area contributed by atoms with Crippen LogP contribution in [0.25, 0.3) is 11.0 Å². The first kappa shape index (κ1) is 27.6. The molecular weight excluding hydrogens is 476 g/mol. The number of methoxy groups -OCH3 is 1. The van der Waals surface area contributed by atoms with Gasteiger partial charge in [0.15, 0.2) is 19.8 Å². The summed E-state index contributed by atoms with van der Waals surface area (Å²) in [6, 6.07) is 11.7.